The van der Waals surface area contributed by atoms with Crippen molar-refractivity contribution in [1.29, 1.82) is 0 Å². The Hall–Kier alpha value is 0.900. The van der Waals surface area contributed by atoms with Crippen LogP contribution in [0.2, 0.25) is 0 Å². The molecule has 0 spiro atoms. The van der Waals surface area contributed by atoms with Crippen molar-refractivity contribution in [3.63, 3.8) is 0 Å². The molecule has 0 nitrogen and oxygen atoms in total. The van der Waals surface area contributed by atoms with Gasteiger partial charge in [-0.1, -0.05) is 39.8 Å². The van der Waals surface area contributed by atoms with Crippen LogP contribution < -0.4 is 0 Å². The fraction of sp³-hybridized carbons (Fsp3) is 0.833. The molecule has 0 bridgehead atoms. The first kappa shape index (κ1) is 13.3. The molecule has 0 amide bonds. The minimum absolute atomic E-state index is 0.0671. The van der Waals surface area contributed by atoms with Gasteiger partial charge in [-0.25, -0.2) is 0 Å². The Morgan fingerprint density at radius 1 is 0.938 bits per heavy atom. The van der Waals surface area contributed by atoms with Gasteiger partial charge in [-0.2, -0.15) is 0 Å². The highest BCUT2D eigenvalue weighted by Gasteiger charge is 2.71. The summed E-state index contributed by atoms with van der Waals surface area (Å²) in [5.74, 6) is 0.443. The van der Waals surface area contributed by atoms with Crippen LogP contribution in [0.15, 0.2) is 12.2 Å². The molecule has 0 radical (unpaired) electrons. The zero-order valence-electron chi connectivity index (χ0n) is 9.82. The highest BCUT2D eigenvalue weighted by Crippen LogP contribution is 2.72. The molecule has 2 aliphatic rings. The minimum Gasteiger partial charge on any atom is -0.100 e. The molecule has 0 aromatic rings. The Bertz CT molecular complexity index is 342. The Labute approximate surface area is 117 Å². The van der Waals surface area contributed by atoms with Crippen molar-refractivity contribution in [2.24, 2.45) is 22.7 Å². The number of halogens is 4. The lowest BCUT2D eigenvalue weighted by Crippen LogP contribution is -2.00. The molecule has 0 saturated heterocycles. The fourth-order valence-electron chi connectivity index (χ4n) is 2.37. The summed E-state index contributed by atoms with van der Waals surface area (Å²) in [5.41, 5.74) is -0.221. The van der Waals surface area contributed by atoms with Gasteiger partial charge in [0.1, 0.15) is 8.67 Å². The average molecular weight is 302 g/mol. The number of hydrogen-bond donors (Lipinski definition) is 0. The van der Waals surface area contributed by atoms with Crippen molar-refractivity contribution >= 4 is 46.4 Å². The molecule has 0 aromatic carbocycles. The maximum Gasteiger partial charge on any atom is 0.130 e. The summed E-state index contributed by atoms with van der Waals surface area (Å²) in [4.78, 5) is 0. The molecule has 0 N–H and O–H groups in total. The molecule has 0 heterocycles. The van der Waals surface area contributed by atoms with Gasteiger partial charge >= 0.3 is 0 Å². The second-order valence-electron chi connectivity index (χ2n) is 5.81. The van der Waals surface area contributed by atoms with Gasteiger partial charge in [-0.3, -0.25) is 0 Å². The van der Waals surface area contributed by atoms with Gasteiger partial charge in [-0.15, -0.1) is 46.4 Å². The van der Waals surface area contributed by atoms with E-state index < -0.39 is 8.67 Å². The SMILES string of the molecule is CC1C(Cl)(Cl)C1(C)/C=C/C1C(C)(C)C1(Cl)Cl. The van der Waals surface area contributed by atoms with Gasteiger partial charge in [0.15, 0.2) is 0 Å². The summed E-state index contributed by atoms with van der Waals surface area (Å²) in [6, 6.07) is 0. The van der Waals surface area contributed by atoms with Gasteiger partial charge in [0.05, 0.1) is 0 Å². The van der Waals surface area contributed by atoms with E-state index in [1.54, 1.807) is 0 Å². The van der Waals surface area contributed by atoms with E-state index in [0.717, 1.165) is 0 Å². The monoisotopic (exact) mass is 300 g/mol. The Morgan fingerprint density at radius 3 is 1.56 bits per heavy atom. The van der Waals surface area contributed by atoms with Crippen molar-refractivity contribution in [2.75, 3.05) is 0 Å². The van der Waals surface area contributed by atoms with E-state index in [-0.39, 0.29) is 22.7 Å². The van der Waals surface area contributed by atoms with E-state index in [0.29, 0.717) is 0 Å². The van der Waals surface area contributed by atoms with Gasteiger partial charge < -0.3 is 0 Å². The molecular formula is C12H16Cl4. The molecule has 3 atom stereocenters. The standard InChI is InChI=1S/C12H16Cl4/c1-7-10(4,11(7,13)14)6-5-8-9(2,3)12(8,15)16/h5-8H,1-4H3/b6-5+. The van der Waals surface area contributed by atoms with Crippen LogP contribution in [0.25, 0.3) is 0 Å². The van der Waals surface area contributed by atoms with E-state index in [1.807, 2.05) is 0 Å². The first-order valence-corrected chi connectivity index (χ1v) is 6.96. The van der Waals surface area contributed by atoms with Crippen molar-refractivity contribution < 1.29 is 0 Å². The van der Waals surface area contributed by atoms with Crippen LogP contribution in [0.3, 0.4) is 0 Å². The predicted octanol–water partition coefficient (Wildman–Crippen LogP) is 5.20. The molecule has 4 heteroatoms. The lowest BCUT2D eigenvalue weighted by atomic mass is 10.0. The second kappa shape index (κ2) is 3.26. The summed E-state index contributed by atoms with van der Waals surface area (Å²) in [5, 5.41) is 0. The Morgan fingerprint density at radius 2 is 1.31 bits per heavy atom. The lowest BCUT2D eigenvalue weighted by Gasteiger charge is -2.04. The summed E-state index contributed by atoms with van der Waals surface area (Å²) >= 11 is 24.8. The van der Waals surface area contributed by atoms with Crippen LogP contribution in [-0.2, 0) is 0 Å². The van der Waals surface area contributed by atoms with Gasteiger partial charge in [0.25, 0.3) is 0 Å². The number of hydrogen-bond acceptors (Lipinski definition) is 0. The molecule has 0 aromatic heterocycles. The topological polar surface area (TPSA) is 0 Å². The molecule has 2 saturated carbocycles. The first-order valence-electron chi connectivity index (χ1n) is 5.44. The van der Waals surface area contributed by atoms with Crippen LogP contribution in [0.4, 0.5) is 0 Å². The normalized spacial score (nSPS) is 47.0. The quantitative estimate of drug-likeness (QED) is 0.485. The molecule has 2 fully saturated rings. The van der Waals surface area contributed by atoms with Crippen LogP contribution in [0.1, 0.15) is 27.7 Å². The van der Waals surface area contributed by atoms with Crippen molar-refractivity contribution in [3.8, 4) is 0 Å². The van der Waals surface area contributed by atoms with E-state index in [2.05, 4.69) is 39.8 Å². The fourth-order valence-corrected chi connectivity index (χ4v) is 3.98. The van der Waals surface area contributed by atoms with E-state index >= 15 is 0 Å². The Kier molecular flexibility index (Phi) is 2.72. The van der Waals surface area contributed by atoms with Gasteiger partial charge in [0.2, 0.25) is 0 Å². The predicted molar refractivity (Wildman–Crippen MR) is 72.6 cm³/mol. The van der Waals surface area contributed by atoms with Crippen LogP contribution in [0, 0.1) is 22.7 Å². The summed E-state index contributed by atoms with van der Waals surface area (Å²) in [6.45, 7) is 8.25. The molecule has 3 unspecified atom stereocenters. The molecular weight excluding hydrogens is 286 g/mol. The molecule has 0 aliphatic heterocycles. The summed E-state index contributed by atoms with van der Waals surface area (Å²) < 4.78 is -1.30. The third-order valence-electron chi connectivity index (χ3n) is 4.66. The lowest BCUT2D eigenvalue weighted by molar-refractivity contribution is 0.597. The van der Waals surface area contributed by atoms with E-state index in [9.17, 15) is 0 Å². The molecule has 2 rings (SSSR count). The van der Waals surface area contributed by atoms with Crippen LogP contribution in [-0.4, -0.2) is 8.67 Å². The zero-order valence-corrected chi connectivity index (χ0v) is 12.8. The third-order valence-corrected chi connectivity index (χ3v) is 7.57. The number of alkyl halides is 4. The van der Waals surface area contributed by atoms with Gasteiger partial charge in [0, 0.05) is 22.7 Å². The Balaban J connectivity index is 2.10. The van der Waals surface area contributed by atoms with Crippen LogP contribution >= 0.6 is 46.4 Å². The minimum atomic E-state index is -0.653. The highest BCUT2D eigenvalue weighted by molar-refractivity contribution is 6.52. The summed E-state index contributed by atoms with van der Waals surface area (Å²) in [6.07, 6.45) is 4.15. The third kappa shape index (κ3) is 1.43. The summed E-state index contributed by atoms with van der Waals surface area (Å²) in [7, 11) is 0. The maximum absolute atomic E-state index is 6.20. The number of rotatable bonds is 2. The largest absolute Gasteiger partial charge is 0.130 e. The van der Waals surface area contributed by atoms with Crippen LogP contribution in [0.5, 0.6) is 0 Å². The van der Waals surface area contributed by atoms with Gasteiger partial charge in [-0.05, 0) is 0 Å². The average Bonchev–Trinajstić information content (AvgIpc) is 2.68. The van der Waals surface area contributed by atoms with Crippen molar-refractivity contribution in [1.82, 2.24) is 0 Å². The molecule has 16 heavy (non-hydrogen) atoms. The van der Waals surface area contributed by atoms with Crippen molar-refractivity contribution in [3.05, 3.63) is 12.2 Å². The number of allylic oxidation sites excluding steroid dienone is 2. The molecule has 2 aliphatic carbocycles. The molecule has 92 valence electrons. The van der Waals surface area contributed by atoms with Crippen molar-refractivity contribution in [2.45, 2.75) is 36.4 Å². The van der Waals surface area contributed by atoms with E-state index in [4.69, 9.17) is 46.4 Å². The highest BCUT2D eigenvalue weighted by atomic mass is 35.5. The zero-order chi connectivity index (χ0) is 12.6. The smallest absolute Gasteiger partial charge is 0.100 e. The first-order chi connectivity index (χ1) is 6.99. The maximum atomic E-state index is 6.20. The second-order valence-corrected chi connectivity index (χ2v) is 8.58. The van der Waals surface area contributed by atoms with E-state index in [1.165, 1.54) is 0 Å².